The lowest BCUT2D eigenvalue weighted by Crippen LogP contribution is -2.10. The highest BCUT2D eigenvalue weighted by Crippen LogP contribution is 2.48. The predicted molar refractivity (Wildman–Crippen MR) is 150 cm³/mol. The zero-order chi connectivity index (χ0) is 27.9. The molecule has 0 spiro atoms. The van der Waals surface area contributed by atoms with Gasteiger partial charge in [-0.15, -0.1) is 0 Å². The SMILES string of the molecule is CCCCCC(=O)OCc1cc2ccc3c(c2c(-c2ccc4c(c2)OCO4)c1COC(=O)CCCCC)OCO3. The van der Waals surface area contributed by atoms with Crippen LogP contribution in [0.4, 0.5) is 0 Å². The highest BCUT2D eigenvalue weighted by Gasteiger charge is 2.26. The smallest absolute Gasteiger partial charge is 0.306 e. The van der Waals surface area contributed by atoms with E-state index in [2.05, 4.69) is 13.8 Å². The molecule has 0 saturated carbocycles. The van der Waals surface area contributed by atoms with Gasteiger partial charge in [0.1, 0.15) is 13.2 Å². The maximum atomic E-state index is 12.7. The molecule has 8 heteroatoms. The molecular weight excluding hydrogens is 512 g/mol. The summed E-state index contributed by atoms with van der Waals surface area (Å²) >= 11 is 0. The highest BCUT2D eigenvalue weighted by molar-refractivity contribution is 6.05. The summed E-state index contributed by atoms with van der Waals surface area (Å²) in [7, 11) is 0. The van der Waals surface area contributed by atoms with Gasteiger partial charge in [-0.25, -0.2) is 0 Å². The fourth-order valence-corrected chi connectivity index (χ4v) is 5.11. The molecule has 0 aromatic heterocycles. The molecule has 0 unspecified atom stereocenters. The molecule has 212 valence electrons. The van der Waals surface area contributed by atoms with Gasteiger partial charge in [-0.2, -0.15) is 0 Å². The molecule has 2 aliphatic heterocycles. The summed E-state index contributed by atoms with van der Waals surface area (Å²) in [6.45, 7) is 4.56. The molecule has 0 atom stereocenters. The van der Waals surface area contributed by atoms with Crippen molar-refractivity contribution in [3.05, 3.63) is 47.5 Å². The summed E-state index contributed by atoms with van der Waals surface area (Å²) in [5, 5.41) is 1.73. The third kappa shape index (κ3) is 6.11. The Labute approximate surface area is 234 Å². The van der Waals surface area contributed by atoms with Gasteiger partial charge in [-0.3, -0.25) is 9.59 Å². The van der Waals surface area contributed by atoms with Crippen molar-refractivity contribution in [2.45, 2.75) is 78.4 Å². The van der Waals surface area contributed by atoms with Crippen molar-refractivity contribution in [3.8, 4) is 34.1 Å². The Morgan fingerprint density at radius 2 is 1.38 bits per heavy atom. The van der Waals surface area contributed by atoms with Crippen LogP contribution >= 0.6 is 0 Å². The molecule has 0 amide bonds. The first-order valence-corrected chi connectivity index (χ1v) is 14.2. The van der Waals surface area contributed by atoms with Crippen molar-refractivity contribution >= 4 is 22.7 Å². The van der Waals surface area contributed by atoms with Crippen LogP contribution in [0.1, 0.15) is 76.3 Å². The molecular formula is C32H36O8. The number of fused-ring (bicyclic) bond motifs is 4. The number of carbonyl (C=O) groups excluding carboxylic acids is 2. The molecule has 0 radical (unpaired) electrons. The van der Waals surface area contributed by atoms with Gasteiger partial charge in [0.2, 0.25) is 13.6 Å². The van der Waals surface area contributed by atoms with E-state index >= 15 is 0 Å². The monoisotopic (exact) mass is 548 g/mol. The van der Waals surface area contributed by atoms with Crippen molar-refractivity contribution in [2.24, 2.45) is 0 Å². The number of rotatable bonds is 13. The third-order valence-electron chi connectivity index (χ3n) is 7.24. The van der Waals surface area contributed by atoms with E-state index in [0.29, 0.717) is 35.8 Å². The molecule has 8 nitrogen and oxygen atoms in total. The Kier molecular flexibility index (Phi) is 8.94. The molecule has 0 bridgehead atoms. The lowest BCUT2D eigenvalue weighted by atomic mass is 9.89. The van der Waals surface area contributed by atoms with Gasteiger partial charge in [0.15, 0.2) is 23.0 Å². The van der Waals surface area contributed by atoms with Crippen LogP contribution in [-0.4, -0.2) is 25.5 Å². The number of carbonyl (C=O) groups is 2. The zero-order valence-electron chi connectivity index (χ0n) is 23.2. The van der Waals surface area contributed by atoms with E-state index in [9.17, 15) is 9.59 Å². The van der Waals surface area contributed by atoms with Gasteiger partial charge in [0.25, 0.3) is 0 Å². The van der Waals surface area contributed by atoms with Crippen molar-refractivity contribution in [2.75, 3.05) is 13.6 Å². The second-order valence-corrected chi connectivity index (χ2v) is 10.1. The normalized spacial score (nSPS) is 13.1. The summed E-state index contributed by atoms with van der Waals surface area (Å²) in [6, 6.07) is 11.6. The van der Waals surface area contributed by atoms with E-state index in [0.717, 1.165) is 71.6 Å². The lowest BCUT2D eigenvalue weighted by molar-refractivity contribution is -0.146. The second kappa shape index (κ2) is 12.9. The van der Waals surface area contributed by atoms with Gasteiger partial charge in [0, 0.05) is 29.4 Å². The molecule has 0 aliphatic carbocycles. The number of hydrogen-bond acceptors (Lipinski definition) is 8. The minimum Gasteiger partial charge on any atom is -0.461 e. The Hall–Kier alpha value is -3.94. The van der Waals surface area contributed by atoms with E-state index < -0.39 is 0 Å². The van der Waals surface area contributed by atoms with Crippen molar-refractivity contribution < 1.29 is 38.0 Å². The minimum atomic E-state index is -0.259. The third-order valence-corrected chi connectivity index (χ3v) is 7.24. The summed E-state index contributed by atoms with van der Waals surface area (Å²) in [6.07, 6.45) is 6.30. The van der Waals surface area contributed by atoms with Crippen LogP contribution < -0.4 is 18.9 Å². The minimum absolute atomic E-state index is 0.0257. The zero-order valence-corrected chi connectivity index (χ0v) is 23.2. The van der Waals surface area contributed by atoms with Crippen LogP contribution in [0, 0.1) is 0 Å². The first kappa shape index (κ1) is 27.6. The summed E-state index contributed by atoms with van der Waals surface area (Å²) in [4.78, 5) is 25.2. The topological polar surface area (TPSA) is 89.5 Å². The van der Waals surface area contributed by atoms with Crippen molar-refractivity contribution in [1.29, 1.82) is 0 Å². The van der Waals surface area contributed by atoms with E-state index in [4.69, 9.17) is 28.4 Å². The maximum absolute atomic E-state index is 12.7. The standard InChI is InChI=1S/C32H36O8/c1-3-5-7-9-28(33)35-17-23-15-21-12-14-26-32(40-20-38-26)31(21)30(22-11-13-25-27(16-22)39-19-37-25)24(23)18-36-29(34)10-8-6-4-2/h11-16H,3-10,17-20H2,1-2H3. The Balaban J connectivity index is 1.58. The number of hydrogen-bond donors (Lipinski definition) is 0. The molecule has 2 heterocycles. The summed E-state index contributed by atoms with van der Waals surface area (Å²) < 4.78 is 34.4. The van der Waals surface area contributed by atoms with Crippen LogP contribution in [0.15, 0.2) is 36.4 Å². The number of ether oxygens (including phenoxy) is 6. The molecule has 3 aromatic rings. The van der Waals surface area contributed by atoms with Crippen LogP contribution in [-0.2, 0) is 32.3 Å². The van der Waals surface area contributed by atoms with Crippen molar-refractivity contribution in [3.63, 3.8) is 0 Å². The fourth-order valence-electron chi connectivity index (χ4n) is 5.11. The molecule has 2 aliphatic rings. The first-order valence-electron chi connectivity index (χ1n) is 14.2. The first-order chi connectivity index (χ1) is 19.6. The van der Waals surface area contributed by atoms with Gasteiger partial charge in [-0.1, -0.05) is 51.7 Å². The molecule has 5 rings (SSSR count). The Morgan fingerprint density at radius 1 is 0.725 bits per heavy atom. The predicted octanol–water partition coefficient (Wildman–Crippen LogP) is 7.21. The van der Waals surface area contributed by atoms with E-state index in [1.807, 2.05) is 36.4 Å². The van der Waals surface area contributed by atoms with Crippen LogP contribution in [0.3, 0.4) is 0 Å². The highest BCUT2D eigenvalue weighted by atomic mass is 16.7. The van der Waals surface area contributed by atoms with E-state index in [1.165, 1.54) is 0 Å². The second-order valence-electron chi connectivity index (χ2n) is 10.1. The van der Waals surface area contributed by atoms with E-state index in [1.54, 1.807) is 0 Å². The Bertz CT molecular complexity index is 1380. The average Bonchev–Trinajstić information content (AvgIpc) is 3.64. The number of benzene rings is 3. The van der Waals surface area contributed by atoms with Crippen LogP contribution in [0.25, 0.3) is 21.9 Å². The lowest BCUT2D eigenvalue weighted by Gasteiger charge is -2.20. The number of unbranched alkanes of at least 4 members (excludes halogenated alkanes) is 4. The fraction of sp³-hybridized carbons (Fsp3) is 0.438. The summed E-state index contributed by atoms with van der Waals surface area (Å²) in [5.41, 5.74) is 3.17. The van der Waals surface area contributed by atoms with Crippen molar-refractivity contribution in [1.82, 2.24) is 0 Å². The summed E-state index contributed by atoms with van der Waals surface area (Å²) in [5.74, 6) is 2.07. The molecule has 0 saturated heterocycles. The molecule has 0 fully saturated rings. The molecule has 0 N–H and O–H groups in total. The largest absolute Gasteiger partial charge is 0.461 e. The average molecular weight is 549 g/mol. The van der Waals surface area contributed by atoms with Gasteiger partial charge in [-0.05, 0) is 53.6 Å². The van der Waals surface area contributed by atoms with Crippen LogP contribution in [0.2, 0.25) is 0 Å². The van der Waals surface area contributed by atoms with Gasteiger partial charge < -0.3 is 28.4 Å². The molecule has 40 heavy (non-hydrogen) atoms. The Morgan fingerprint density at radius 3 is 2.12 bits per heavy atom. The van der Waals surface area contributed by atoms with E-state index in [-0.39, 0.29) is 38.7 Å². The quantitative estimate of drug-likeness (QED) is 0.163. The molecule has 3 aromatic carbocycles. The number of esters is 2. The van der Waals surface area contributed by atoms with Gasteiger partial charge >= 0.3 is 11.9 Å². The van der Waals surface area contributed by atoms with Crippen LogP contribution in [0.5, 0.6) is 23.0 Å². The maximum Gasteiger partial charge on any atom is 0.306 e. The van der Waals surface area contributed by atoms with Gasteiger partial charge in [0.05, 0.1) is 0 Å².